The van der Waals surface area contributed by atoms with E-state index in [0.717, 1.165) is 19.4 Å². The third-order valence-electron chi connectivity index (χ3n) is 2.31. The monoisotopic (exact) mass is 215 g/mol. The Balaban J connectivity index is 2.45. The fourth-order valence-electron chi connectivity index (χ4n) is 1.61. The van der Waals surface area contributed by atoms with Crippen LogP contribution in [-0.2, 0) is 4.74 Å². The predicted octanol–water partition coefficient (Wildman–Crippen LogP) is 0.849. The number of hydrogen-bond donors (Lipinski definition) is 2. The summed E-state index contributed by atoms with van der Waals surface area (Å²) in [7, 11) is 0. The van der Waals surface area contributed by atoms with Gasteiger partial charge in [0.15, 0.2) is 0 Å². The molecule has 1 unspecified atom stereocenters. The van der Waals surface area contributed by atoms with Crippen molar-refractivity contribution in [2.45, 2.75) is 45.3 Å². The van der Waals surface area contributed by atoms with Gasteiger partial charge in [0.05, 0.1) is 0 Å². The number of rotatable bonds is 1. The van der Waals surface area contributed by atoms with Crippen molar-refractivity contribution in [3.8, 4) is 0 Å². The summed E-state index contributed by atoms with van der Waals surface area (Å²) in [6, 6.07) is 0.186. The summed E-state index contributed by atoms with van der Waals surface area (Å²) in [5.74, 6) is 5.36. The van der Waals surface area contributed by atoms with Gasteiger partial charge in [-0.25, -0.2) is 4.79 Å². The Kier molecular flexibility index (Phi) is 3.93. The van der Waals surface area contributed by atoms with E-state index in [0.29, 0.717) is 6.54 Å². The van der Waals surface area contributed by atoms with Gasteiger partial charge in [0, 0.05) is 19.1 Å². The highest BCUT2D eigenvalue weighted by atomic mass is 16.6. The third kappa shape index (κ3) is 4.05. The Bertz CT molecular complexity index is 225. The van der Waals surface area contributed by atoms with Crippen LogP contribution in [0.5, 0.6) is 0 Å². The normalized spacial score (nSPS) is 22.7. The second kappa shape index (κ2) is 4.81. The number of nitrogens with zero attached hydrogens (tertiary/aromatic N) is 1. The van der Waals surface area contributed by atoms with Gasteiger partial charge in [-0.05, 0) is 33.6 Å². The van der Waals surface area contributed by atoms with E-state index in [1.54, 1.807) is 4.90 Å². The van der Waals surface area contributed by atoms with Crippen LogP contribution in [0.2, 0.25) is 0 Å². The lowest BCUT2D eigenvalue weighted by molar-refractivity contribution is 0.0188. The van der Waals surface area contributed by atoms with Gasteiger partial charge in [0.25, 0.3) is 0 Å². The van der Waals surface area contributed by atoms with Gasteiger partial charge < -0.3 is 9.64 Å². The average molecular weight is 215 g/mol. The molecular weight excluding hydrogens is 194 g/mol. The number of carbonyl (C=O) groups excluding carboxylic acids is 1. The molecule has 1 aliphatic rings. The van der Waals surface area contributed by atoms with Crippen LogP contribution < -0.4 is 11.3 Å². The lowest BCUT2D eigenvalue weighted by Crippen LogP contribution is -2.51. The molecule has 0 aromatic rings. The molecule has 1 saturated heterocycles. The minimum atomic E-state index is -0.430. The van der Waals surface area contributed by atoms with Crippen LogP contribution in [-0.4, -0.2) is 35.7 Å². The maximum Gasteiger partial charge on any atom is 0.410 e. The molecule has 1 aliphatic heterocycles. The highest BCUT2D eigenvalue weighted by molar-refractivity contribution is 5.68. The van der Waals surface area contributed by atoms with Crippen molar-refractivity contribution in [1.82, 2.24) is 10.3 Å². The summed E-state index contributed by atoms with van der Waals surface area (Å²) in [6.45, 7) is 6.99. The first-order chi connectivity index (χ1) is 6.92. The molecule has 1 amide bonds. The van der Waals surface area contributed by atoms with E-state index in [1.165, 1.54) is 0 Å². The molecule has 88 valence electrons. The van der Waals surface area contributed by atoms with Crippen LogP contribution >= 0.6 is 0 Å². The zero-order chi connectivity index (χ0) is 11.5. The quantitative estimate of drug-likeness (QED) is 0.502. The third-order valence-corrected chi connectivity index (χ3v) is 2.31. The number of hydrogen-bond acceptors (Lipinski definition) is 4. The molecule has 1 fully saturated rings. The zero-order valence-electron chi connectivity index (χ0n) is 9.75. The number of hydrazine groups is 1. The summed E-state index contributed by atoms with van der Waals surface area (Å²) in [6.07, 6.45) is 1.73. The highest BCUT2D eigenvalue weighted by Gasteiger charge is 2.26. The molecule has 1 heterocycles. The Morgan fingerprint density at radius 2 is 2.20 bits per heavy atom. The highest BCUT2D eigenvalue weighted by Crippen LogP contribution is 2.14. The number of carbonyl (C=O) groups is 1. The molecule has 15 heavy (non-hydrogen) atoms. The van der Waals surface area contributed by atoms with Crippen LogP contribution in [0.15, 0.2) is 0 Å². The van der Waals surface area contributed by atoms with Crippen LogP contribution in [0.3, 0.4) is 0 Å². The smallest absolute Gasteiger partial charge is 0.410 e. The maximum atomic E-state index is 11.7. The Morgan fingerprint density at radius 3 is 2.73 bits per heavy atom. The molecule has 0 saturated carbocycles. The van der Waals surface area contributed by atoms with Crippen LogP contribution in [0.4, 0.5) is 4.79 Å². The molecule has 0 radical (unpaired) electrons. The summed E-state index contributed by atoms with van der Waals surface area (Å²) < 4.78 is 5.29. The summed E-state index contributed by atoms with van der Waals surface area (Å²) >= 11 is 0. The Labute approximate surface area is 90.9 Å². The maximum absolute atomic E-state index is 11.7. The Hall–Kier alpha value is -0.810. The molecule has 1 rings (SSSR count). The average Bonchev–Trinajstić information content (AvgIpc) is 2.15. The van der Waals surface area contributed by atoms with Gasteiger partial charge in [-0.3, -0.25) is 11.3 Å². The van der Waals surface area contributed by atoms with Crippen LogP contribution in [0.1, 0.15) is 33.6 Å². The molecule has 3 N–H and O–H groups in total. The molecular formula is C10H21N3O2. The van der Waals surface area contributed by atoms with E-state index in [4.69, 9.17) is 10.6 Å². The second-order valence-corrected chi connectivity index (χ2v) is 4.93. The van der Waals surface area contributed by atoms with Crippen LogP contribution in [0.25, 0.3) is 0 Å². The van der Waals surface area contributed by atoms with E-state index >= 15 is 0 Å². The summed E-state index contributed by atoms with van der Waals surface area (Å²) in [5.41, 5.74) is 2.27. The zero-order valence-corrected chi connectivity index (χ0v) is 9.75. The van der Waals surface area contributed by atoms with Gasteiger partial charge in [-0.1, -0.05) is 0 Å². The van der Waals surface area contributed by atoms with Gasteiger partial charge in [-0.15, -0.1) is 0 Å². The van der Waals surface area contributed by atoms with Gasteiger partial charge >= 0.3 is 6.09 Å². The number of ether oxygens (including phenoxy) is 1. The van der Waals surface area contributed by atoms with Crippen molar-refractivity contribution < 1.29 is 9.53 Å². The van der Waals surface area contributed by atoms with E-state index < -0.39 is 5.60 Å². The number of nitrogens with two attached hydrogens (primary N) is 1. The van der Waals surface area contributed by atoms with E-state index in [2.05, 4.69) is 5.43 Å². The lowest BCUT2D eigenvalue weighted by atomic mass is 10.1. The molecule has 0 bridgehead atoms. The van der Waals surface area contributed by atoms with Crippen molar-refractivity contribution in [3.63, 3.8) is 0 Å². The molecule has 1 atom stereocenters. The Morgan fingerprint density at radius 1 is 1.53 bits per heavy atom. The van der Waals surface area contributed by atoms with Gasteiger partial charge in [0.2, 0.25) is 0 Å². The molecule has 5 nitrogen and oxygen atoms in total. The van der Waals surface area contributed by atoms with E-state index in [9.17, 15) is 4.79 Å². The summed E-state index contributed by atoms with van der Waals surface area (Å²) in [4.78, 5) is 13.4. The number of amides is 1. The first-order valence-corrected chi connectivity index (χ1v) is 5.36. The largest absolute Gasteiger partial charge is 0.444 e. The van der Waals surface area contributed by atoms with Crippen molar-refractivity contribution >= 4 is 6.09 Å². The summed E-state index contributed by atoms with van der Waals surface area (Å²) in [5, 5.41) is 0. The molecule has 0 aromatic carbocycles. The fraction of sp³-hybridized carbons (Fsp3) is 0.900. The van der Waals surface area contributed by atoms with E-state index in [-0.39, 0.29) is 12.1 Å². The molecule has 0 aromatic heterocycles. The fourth-order valence-corrected chi connectivity index (χ4v) is 1.61. The first kappa shape index (κ1) is 12.3. The standard InChI is InChI=1S/C10H21N3O2/c1-10(2,3)15-9(14)13-6-4-5-8(7-13)12-11/h8,12H,4-7,11H2,1-3H3. The number of likely N-dealkylation sites (tertiary alicyclic amines) is 1. The van der Waals surface area contributed by atoms with Gasteiger partial charge in [-0.2, -0.15) is 0 Å². The SMILES string of the molecule is CC(C)(C)OC(=O)N1CCCC(NN)C1. The van der Waals surface area contributed by atoms with Crippen molar-refractivity contribution in [2.75, 3.05) is 13.1 Å². The number of nitrogens with one attached hydrogen (secondary N) is 1. The minimum Gasteiger partial charge on any atom is -0.444 e. The topological polar surface area (TPSA) is 67.6 Å². The molecule has 0 spiro atoms. The van der Waals surface area contributed by atoms with Crippen LogP contribution in [0, 0.1) is 0 Å². The van der Waals surface area contributed by atoms with Gasteiger partial charge in [0.1, 0.15) is 5.60 Å². The molecule has 5 heteroatoms. The van der Waals surface area contributed by atoms with Crippen molar-refractivity contribution in [3.05, 3.63) is 0 Å². The van der Waals surface area contributed by atoms with E-state index in [1.807, 2.05) is 20.8 Å². The molecule has 0 aliphatic carbocycles. The minimum absolute atomic E-state index is 0.186. The van der Waals surface area contributed by atoms with Crippen molar-refractivity contribution in [1.29, 1.82) is 0 Å². The second-order valence-electron chi connectivity index (χ2n) is 4.93. The first-order valence-electron chi connectivity index (χ1n) is 5.36. The van der Waals surface area contributed by atoms with Crippen molar-refractivity contribution in [2.24, 2.45) is 5.84 Å². The lowest BCUT2D eigenvalue weighted by Gasteiger charge is -2.33. The number of piperidine rings is 1. The predicted molar refractivity (Wildman–Crippen MR) is 58.2 cm³/mol.